The molecule has 128 valence electrons. The Balaban J connectivity index is 1.57. The van der Waals surface area contributed by atoms with Crippen LogP contribution in [0.5, 0.6) is 0 Å². The molecule has 4 aliphatic rings. The van der Waals surface area contributed by atoms with Crippen LogP contribution >= 0.6 is 0 Å². The molecule has 3 nitrogen and oxygen atoms in total. The molecule has 4 atom stereocenters. The minimum Gasteiger partial charge on any atom is -0.274 e. The van der Waals surface area contributed by atoms with Crippen molar-refractivity contribution in [1.82, 2.24) is 0 Å². The third-order valence-electron chi connectivity index (χ3n) is 6.64. The number of imide groups is 1. The topological polar surface area (TPSA) is 37.4 Å². The highest BCUT2D eigenvalue weighted by Gasteiger charge is 2.62. The van der Waals surface area contributed by atoms with Gasteiger partial charge in [0, 0.05) is 11.8 Å². The van der Waals surface area contributed by atoms with E-state index in [2.05, 4.69) is 12.2 Å². The molecule has 0 aromatic heterocycles. The maximum Gasteiger partial charge on any atom is 0.238 e. The zero-order valence-electron chi connectivity index (χ0n) is 14.8. The van der Waals surface area contributed by atoms with Crippen molar-refractivity contribution in [3.8, 4) is 0 Å². The molecule has 2 bridgehead atoms. The number of hydrogen-bond acceptors (Lipinski definition) is 2. The van der Waals surface area contributed by atoms with E-state index in [9.17, 15) is 9.59 Å². The van der Waals surface area contributed by atoms with Gasteiger partial charge in [-0.25, -0.2) is 4.90 Å². The molecule has 5 rings (SSSR count). The van der Waals surface area contributed by atoms with Gasteiger partial charge in [0.05, 0.1) is 17.5 Å². The Morgan fingerprint density at radius 3 is 2.12 bits per heavy atom. The first-order chi connectivity index (χ1) is 12.1. The van der Waals surface area contributed by atoms with Crippen molar-refractivity contribution >= 4 is 17.5 Å². The zero-order chi connectivity index (χ0) is 17.3. The second-order valence-electron chi connectivity index (χ2n) is 8.06. The summed E-state index contributed by atoms with van der Waals surface area (Å²) in [6.45, 7) is 3.98. The van der Waals surface area contributed by atoms with E-state index in [0.717, 1.165) is 29.7 Å². The number of nitrogens with zero attached hydrogens (tertiary/aromatic N) is 1. The van der Waals surface area contributed by atoms with Crippen molar-refractivity contribution in [2.24, 2.45) is 23.7 Å². The van der Waals surface area contributed by atoms with E-state index < -0.39 is 0 Å². The second kappa shape index (κ2) is 5.17. The van der Waals surface area contributed by atoms with Crippen LogP contribution in [-0.4, -0.2) is 11.8 Å². The van der Waals surface area contributed by atoms with E-state index in [1.807, 2.05) is 32.0 Å². The molecule has 25 heavy (non-hydrogen) atoms. The molecule has 1 aromatic rings. The highest BCUT2D eigenvalue weighted by Crippen LogP contribution is 2.58. The maximum atomic E-state index is 13.3. The van der Waals surface area contributed by atoms with E-state index >= 15 is 0 Å². The Morgan fingerprint density at radius 1 is 0.920 bits per heavy atom. The average molecular weight is 333 g/mol. The second-order valence-corrected chi connectivity index (χ2v) is 8.06. The fourth-order valence-electron chi connectivity index (χ4n) is 5.52. The third-order valence-corrected chi connectivity index (χ3v) is 6.64. The molecule has 2 saturated carbocycles. The molecule has 1 saturated heterocycles. The third kappa shape index (κ3) is 1.92. The van der Waals surface area contributed by atoms with Crippen molar-refractivity contribution in [2.75, 3.05) is 4.90 Å². The molecule has 1 aliphatic heterocycles. The molecule has 0 radical (unpaired) electrons. The Labute approximate surface area is 148 Å². The van der Waals surface area contributed by atoms with Crippen LogP contribution in [0.25, 0.3) is 0 Å². The summed E-state index contributed by atoms with van der Waals surface area (Å²) in [6, 6.07) is 5.99. The highest BCUT2D eigenvalue weighted by molar-refractivity contribution is 6.23. The first-order valence-electron chi connectivity index (χ1n) is 9.43. The molecule has 1 aromatic carbocycles. The molecule has 3 heteroatoms. The van der Waals surface area contributed by atoms with Gasteiger partial charge >= 0.3 is 0 Å². The summed E-state index contributed by atoms with van der Waals surface area (Å²) < 4.78 is 0. The summed E-state index contributed by atoms with van der Waals surface area (Å²) in [5.41, 5.74) is 5.80. The summed E-state index contributed by atoms with van der Waals surface area (Å²) >= 11 is 0. The average Bonchev–Trinajstić information content (AvgIpc) is 3.33. The monoisotopic (exact) mass is 333 g/mol. The van der Waals surface area contributed by atoms with Crippen LogP contribution in [0.15, 0.2) is 41.5 Å². The van der Waals surface area contributed by atoms with Crippen molar-refractivity contribution < 1.29 is 9.59 Å². The minimum absolute atomic E-state index is 0.0108. The van der Waals surface area contributed by atoms with Gasteiger partial charge in [-0.1, -0.05) is 35.4 Å². The van der Waals surface area contributed by atoms with Crippen LogP contribution in [0.4, 0.5) is 5.69 Å². The van der Waals surface area contributed by atoms with Crippen molar-refractivity contribution in [3.63, 3.8) is 0 Å². The fourth-order valence-corrected chi connectivity index (χ4v) is 5.52. The first kappa shape index (κ1) is 15.1. The molecule has 3 fully saturated rings. The molecular formula is C22H23NO2. The summed E-state index contributed by atoms with van der Waals surface area (Å²) in [7, 11) is 0. The largest absolute Gasteiger partial charge is 0.274 e. The van der Waals surface area contributed by atoms with E-state index in [4.69, 9.17) is 0 Å². The molecule has 0 N–H and O–H groups in total. The van der Waals surface area contributed by atoms with Gasteiger partial charge in [0.1, 0.15) is 0 Å². The van der Waals surface area contributed by atoms with Crippen LogP contribution in [0.1, 0.15) is 36.8 Å². The lowest BCUT2D eigenvalue weighted by Gasteiger charge is -2.21. The number of carbonyl (C=O) groups excluding carboxylic acids is 2. The predicted molar refractivity (Wildman–Crippen MR) is 97.0 cm³/mol. The number of rotatable bonds is 1. The number of anilines is 1. The number of carbonyl (C=O) groups is 2. The summed E-state index contributed by atoms with van der Waals surface area (Å²) in [5.74, 6) is -0.00588. The van der Waals surface area contributed by atoms with Gasteiger partial charge < -0.3 is 0 Å². The van der Waals surface area contributed by atoms with Crippen LogP contribution in [0.2, 0.25) is 0 Å². The quantitative estimate of drug-likeness (QED) is 0.573. The number of aryl methyl sites for hydroxylation is 2. The smallest absolute Gasteiger partial charge is 0.238 e. The van der Waals surface area contributed by atoms with Gasteiger partial charge in [0.25, 0.3) is 0 Å². The highest BCUT2D eigenvalue weighted by atomic mass is 16.2. The number of allylic oxidation sites excluding steroid dienone is 4. The van der Waals surface area contributed by atoms with Gasteiger partial charge in [-0.05, 0) is 56.7 Å². The number of benzene rings is 1. The lowest BCUT2D eigenvalue weighted by molar-refractivity contribution is -0.122. The Hall–Kier alpha value is -2.16. The summed E-state index contributed by atoms with van der Waals surface area (Å²) in [4.78, 5) is 28.0. The van der Waals surface area contributed by atoms with Gasteiger partial charge in [-0.3, -0.25) is 9.59 Å². The van der Waals surface area contributed by atoms with Crippen LogP contribution < -0.4 is 4.90 Å². The lowest BCUT2D eigenvalue weighted by Crippen LogP contribution is -2.33. The fraction of sp³-hybridized carbons (Fsp3) is 0.455. The van der Waals surface area contributed by atoms with Gasteiger partial charge in [0.15, 0.2) is 0 Å². The standard InChI is InChI=1S/C22H23NO2/c1-12-7-8-13(2)17(11-12)23-21(24)19-15-9-10-16(20(19)22(23)25)18(15)14-5-3-4-6-14/h7-11,15-16,19-20H,3-6H2,1-2H3/t15-,16+,19+,20-. The SMILES string of the molecule is Cc1ccc(C)c(N2C(=O)[C@@H]3[C@H](C2=O)[C@H]2C=C[C@@H]3C2=C2CCCC2)c1. The van der Waals surface area contributed by atoms with Crippen molar-refractivity contribution in [3.05, 3.63) is 52.6 Å². The normalized spacial score (nSPS) is 33.1. The lowest BCUT2D eigenvalue weighted by atomic mass is 9.85. The Morgan fingerprint density at radius 2 is 1.52 bits per heavy atom. The molecular weight excluding hydrogens is 310 g/mol. The number of hydrogen-bond donors (Lipinski definition) is 0. The molecule has 0 spiro atoms. The summed E-state index contributed by atoms with van der Waals surface area (Å²) in [6.07, 6.45) is 9.22. The number of amides is 2. The van der Waals surface area contributed by atoms with Gasteiger partial charge in [0.2, 0.25) is 11.8 Å². The minimum atomic E-state index is -0.175. The predicted octanol–water partition coefficient (Wildman–Crippen LogP) is 4.10. The maximum absolute atomic E-state index is 13.3. The molecule has 0 unspecified atom stereocenters. The Bertz CT molecular complexity index is 821. The van der Waals surface area contributed by atoms with Crippen molar-refractivity contribution in [2.45, 2.75) is 39.5 Å². The molecule has 1 heterocycles. The van der Waals surface area contributed by atoms with Gasteiger partial charge in [-0.15, -0.1) is 0 Å². The van der Waals surface area contributed by atoms with Crippen LogP contribution in [0.3, 0.4) is 0 Å². The first-order valence-corrected chi connectivity index (χ1v) is 9.43. The van der Waals surface area contributed by atoms with E-state index in [1.54, 1.807) is 0 Å². The van der Waals surface area contributed by atoms with Crippen LogP contribution in [-0.2, 0) is 9.59 Å². The van der Waals surface area contributed by atoms with Crippen LogP contribution in [0, 0.1) is 37.5 Å². The van der Waals surface area contributed by atoms with E-state index in [-0.39, 0.29) is 35.5 Å². The molecule has 2 amide bonds. The van der Waals surface area contributed by atoms with Gasteiger partial charge in [-0.2, -0.15) is 0 Å². The molecule has 3 aliphatic carbocycles. The summed E-state index contributed by atoms with van der Waals surface area (Å²) in [5, 5.41) is 0. The zero-order valence-corrected chi connectivity index (χ0v) is 14.8. The van der Waals surface area contributed by atoms with Crippen molar-refractivity contribution in [1.29, 1.82) is 0 Å². The van der Waals surface area contributed by atoms with E-state index in [1.165, 1.54) is 28.9 Å². The number of fused-ring (bicyclic) bond motifs is 5. The Kier molecular flexibility index (Phi) is 3.13. The van der Waals surface area contributed by atoms with E-state index in [0.29, 0.717) is 0 Å².